The zero-order valence-electron chi connectivity index (χ0n) is 16.0. The maximum atomic E-state index is 12.1. The lowest BCUT2D eigenvalue weighted by atomic mass is 10.1. The minimum absolute atomic E-state index is 0.0746. The van der Waals surface area contributed by atoms with Crippen molar-refractivity contribution in [2.75, 3.05) is 18.5 Å². The van der Waals surface area contributed by atoms with E-state index in [1.54, 1.807) is 24.3 Å². The molecule has 28 heavy (non-hydrogen) atoms. The van der Waals surface area contributed by atoms with Gasteiger partial charge in [-0.1, -0.05) is 24.3 Å². The van der Waals surface area contributed by atoms with Crippen LogP contribution in [0.15, 0.2) is 42.5 Å². The van der Waals surface area contributed by atoms with Crippen molar-refractivity contribution in [1.82, 2.24) is 5.32 Å². The third-order valence-electron chi connectivity index (χ3n) is 3.97. The van der Waals surface area contributed by atoms with Gasteiger partial charge in [0, 0.05) is 5.69 Å². The highest BCUT2D eigenvalue weighted by atomic mass is 16.5. The summed E-state index contributed by atoms with van der Waals surface area (Å²) in [6.07, 6.45) is 0.290. The molecule has 0 bridgehead atoms. The van der Waals surface area contributed by atoms with Crippen LogP contribution < -0.4 is 15.4 Å². The van der Waals surface area contributed by atoms with Crippen LogP contribution in [0.25, 0.3) is 0 Å². The Kier molecular flexibility index (Phi) is 7.56. The van der Waals surface area contributed by atoms with E-state index in [4.69, 9.17) is 9.84 Å². The van der Waals surface area contributed by atoms with E-state index in [1.807, 2.05) is 32.0 Å². The first-order valence-corrected chi connectivity index (χ1v) is 8.91. The van der Waals surface area contributed by atoms with Gasteiger partial charge in [-0.15, -0.1) is 0 Å². The second kappa shape index (κ2) is 10.1. The van der Waals surface area contributed by atoms with Gasteiger partial charge in [0.05, 0.1) is 19.4 Å². The van der Waals surface area contributed by atoms with Gasteiger partial charge < -0.3 is 20.5 Å². The predicted octanol–water partition coefficient (Wildman–Crippen LogP) is 2.45. The van der Waals surface area contributed by atoms with Crippen LogP contribution in [0.4, 0.5) is 5.69 Å². The molecule has 7 nitrogen and oxygen atoms in total. The van der Waals surface area contributed by atoms with Gasteiger partial charge in [-0.3, -0.25) is 14.4 Å². The summed E-state index contributed by atoms with van der Waals surface area (Å²) in [4.78, 5) is 34.1. The van der Waals surface area contributed by atoms with E-state index in [0.717, 1.165) is 22.4 Å². The Hall–Kier alpha value is -3.35. The van der Waals surface area contributed by atoms with Crippen LogP contribution in [0.5, 0.6) is 5.75 Å². The Morgan fingerprint density at radius 1 is 1.00 bits per heavy atom. The minimum Gasteiger partial charge on any atom is -0.493 e. The summed E-state index contributed by atoms with van der Waals surface area (Å²) in [6, 6.07) is 12.7. The van der Waals surface area contributed by atoms with Crippen LogP contribution in [-0.4, -0.2) is 36.0 Å². The van der Waals surface area contributed by atoms with E-state index in [1.165, 1.54) is 0 Å². The fourth-order valence-corrected chi connectivity index (χ4v) is 2.47. The van der Waals surface area contributed by atoms with Crippen molar-refractivity contribution in [2.45, 2.75) is 26.7 Å². The lowest BCUT2D eigenvalue weighted by Gasteiger charge is -2.10. The first kappa shape index (κ1) is 21.0. The van der Waals surface area contributed by atoms with Crippen molar-refractivity contribution in [1.29, 1.82) is 0 Å². The minimum atomic E-state index is -1.09. The third-order valence-corrected chi connectivity index (χ3v) is 3.97. The van der Waals surface area contributed by atoms with Gasteiger partial charge in [0.1, 0.15) is 12.3 Å². The van der Waals surface area contributed by atoms with Crippen LogP contribution in [0, 0.1) is 13.8 Å². The number of benzene rings is 2. The average molecular weight is 384 g/mol. The van der Waals surface area contributed by atoms with Crippen LogP contribution in [0.3, 0.4) is 0 Å². The molecule has 0 atom stereocenters. The normalized spacial score (nSPS) is 10.2. The van der Waals surface area contributed by atoms with Gasteiger partial charge in [-0.05, 0) is 48.7 Å². The number of hydrogen-bond acceptors (Lipinski definition) is 4. The van der Waals surface area contributed by atoms with Gasteiger partial charge in [0.2, 0.25) is 11.8 Å². The summed E-state index contributed by atoms with van der Waals surface area (Å²) in [6.45, 7) is 3.81. The van der Waals surface area contributed by atoms with Crippen LogP contribution in [-0.2, 0) is 20.8 Å². The molecule has 2 rings (SSSR count). The molecule has 2 aromatic carbocycles. The summed E-state index contributed by atoms with van der Waals surface area (Å²) in [5, 5.41) is 13.6. The molecule has 0 aliphatic carbocycles. The van der Waals surface area contributed by atoms with Gasteiger partial charge in [-0.2, -0.15) is 0 Å². The van der Waals surface area contributed by atoms with Gasteiger partial charge >= 0.3 is 5.97 Å². The number of carboxylic acid groups (broad SMARTS) is 1. The van der Waals surface area contributed by atoms with Crippen LogP contribution >= 0.6 is 0 Å². The number of rotatable bonds is 9. The average Bonchev–Trinajstić information content (AvgIpc) is 2.64. The molecule has 0 fully saturated rings. The van der Waals surface area contributed by atoms with Crippen molar-refractivity contribution in [3.05, 3.63) is 59.2 Å². The second-order valence-electron chi connectivity index (χ2n) is 6.46. The summed E-state index contributed by atoms with van der Waals surface area (Å²) in [7, 11) is 0. The smallest absolute Gasteiger partial charge is 0.322 e. The standard InChI is InChI=1S/C21H24N2O5/c1-14-3-4-15(2)18(11-14)28-10-9-19(24)23-17-7-5-16(6-8-17)12-20(25)22-13-21(26)27/h3-8,11H,9-10,12-13H2,1-2H3,(H,22,25)(H,23,24)(H,26,27). The molecule has 0 spiro atoms. The Labute approximate surface area is 163 Å². The van der Waals surface area contributed by atoms with E-state index in [-0.39, 0.29) is 31.3 Å². The number of aryl methyl sites for hydroxylation is 2. The summed E-state index contributed by atoms with van der Waals surface area (Å²) < 4.78 is 5.68. The van der Waals surface area contributed by atoms with E-state index >= 15 is 0 Å². The van der Waals surface area contributed by atoms with Gasteiger partial charge in [0.25, 0.3) is 0 Å². The fraction of sp³-hybridized carbons (Fsp3) is 0.286. The Morgan fingerprint density at radius 2 is 1.71 bits per heavy atom. The molecule has 0 heterocycles. The highest BCUT2D eigenvalue weighted by Gasteiger charge is 2.07. The van der Waals surface area contributed by atoms with E-state index in [0.29, 0.717) is 5.69 Å². The van der Waals surface area contributed by atoms with Crippen molar-refractivity contribution < 1.29 is 24.2 Å². The number of hydrogen-bond donors (Lipinski definition) is 3. The topological polar surface area (TPSA) is 105 Å². The molecule has 0 aliphatic rings. The lowest BCUT2D eigenvalue weighted by Crippen LogP contribution is -2.30. The van der Waals surface area contributed by atoms with Crippen molar-refractivity contribution in [3.63, 3.8) is 0 Å². The maximum absolute atomic E-state index is 12.1. The predicted molar refractivity (Wildman–Crippen MR) is 105 cm³/mol. The Balaban J connectivity index is 1.76. The lowest BCUT2D eigenvalue weighted by molar-refractivity contribution is -0.137. The molecule has 0 aromatic heterocycles. The number of carboxylic acids is 1. The van der Waals surface area contributed by atoms with Crippen molar-refractivity contribution in [2.24, 2.45) is 0 Å². The number of nitrogens with one attached hydrogen (secondary N) is 2. The number of carbonyl (C=O) groups excluding carboxylic acids is 2. The maximum Gasteiger partial charge on any atom is 0.322 e. The molecule has 2 aromatic rings. The van der Waals surface area contributed by atoms with Crippen LogP contribution in [0.1, 0.15) is 23.1 Å². The molecule has 0 saturated carbocycles. The Morgan fingerprint density at radius 3 is 2.39 bits per heavy atom. The molecule has 2 amide bonds. The van der Waals surface area contributed by atoms with E-state index < -0.39 is 12.5 Å². The number of anilines is 1. The second-order valence-corrected chi connectivity index (χ2v) is 6.46. The molecular weight excluding hydrogens is 360 g/mol. The fourth-order valence-electron chi connectivity index (χ4n) is 2.47. The summed E-state index contributed by atoms with van der Waals surface area (Å²) >= 11 is 0. The third kappa shape index (κ3) is 7.11. The zero-order chi connectivity index (χ0) is 20.5. The number of ether oxygens (including phenoxy) is 1. The van der Waals surface area contributed by atoms with E-state index in [9.17, 15) is 14.4 Å². The van der Waals surface area contributed by atoms with Crippen molar-refractivity contribution in [3.8, 4) is 5.75 Å². The largest absolute Gasteiger partial charge is 0.493 e. The molecule has 0 saturated heterocycles. The molecular formula is C21H24N2O5. The molecule has 148 valence electrons. The SMILES string of the molecule is Cc1ccc(C)c(OCCC(=O)Nc2ccc(CC(=O)NCC(=O)O)cc2)c1. The number of carbonyl (C=O) groups is 3. The first-order chi connectivity index (χ1) is 13.3. The number of aliphatic carboxylic acids is 1. The van der Waals surface area contributed by atoms with Gasteiger partial charge in [0.15, 0.2) is 0 Å². The van der Waals surface area contributed by atoms with Crippen LogP contribution in [0.2, 0.25) is 0 Å². The molecule has 0 unspecified atom stereocenters. The van der Waals surface area contributed by atoms with E-state index in [2.05, 4.69) is 10.6 Å². The summed E-state index contributed by atoms with van der Waals surface area (Å²) in [5.41, 5.74) is 3.46. The molecule has 7 heteroatoms. The summed E-state index contributed by atoms with van der Waals surface area (Å²) in [5.74, 6) is -0.855. The molecule has 0 aliphatic heterocycles. The molecule has 3 N–H and O–H groups in total. The highest BCUT2D eigenvalue weighted by Crippen LogP contribution is 2.19. The highest BCUT2D eigenvalue weighted by molar-refractivity contribution is 5.91. The monoisotopic (exact) mass is 384 g/mol. The van der Waals surface area contributed by atoms with Crippen molar-refractivity contribution >= 4 is 23.5 Å². The zero-order valence-corrected chi connectivity index (χ0v) is 16.0. The molecule has 0 radical (unpaired) electrons. The first-order valence-electron chi connectivity index (χ1n) is 8.91. The number of amides is 2. The Bertz CT molecular complexity index is 846. The quantitative estimate of drug-likeness (QED) is 0.616. The van der Waals surface area contributed by atoms with Gasteiger partial charge in [-0.25, -0.2) is 0 Å².